The molecule has 2 rings (SSSR count). The number of thioether (sulfide) groups is 1. The van der Waals surface area contributed by atoms with Gasteiger partial charge in [-0.3, -0.25) is 0 Å². The van der Waals surface area contributed by atoms with Crippen molar-refractivity contribution in [2.24, 2.45) is 0 Å². The minimum atomic E-state index is 0.571. The predicted octanol–water partition coefficient (Wildman–Crippen LogP) is 3.61. The first-order chi connectivity index (χ1) is 7.75. The van der Waals surface area contributed by atoms with Gasteiger partial charge in [-0.05, 0) is 11.6 Å². The average Bonchev–Trinajstić information content (AvgIpc) is 2.29. The summed E-state index contributed by atoms with van der Waals surface area (Å²) in [5.74, 6) is 0.861. The molecule has 82 valence electrons. The fourth-order valence-electron chi connectivity index (χ4n) is 1.29. The van der Waals surface area contributed by atoms with Gasteiger partial charge in [0.25, 0.3) is 0 Å². The Morgan fingerprint density at radius 1 is 1.25 bits per heavy atom. The van der Waals surface area contributed by atoms with Crippen molar-refractivity contribution < 1.29 is 0 Å². The number of hydrogen-bond acceptors (Lipinski definition) is 3. The van der Waals surface area contributed by atoms with Gasteiger partial charge in [0, 0.05) is 11.9 Å². The third-order valence-electron chi connectivity index (χ3n) is 2.06. The molecule has 0 unspecified atom stereocenters. The molecule has 1 heterocycles. The van der Waals surface area contributed by atoms with E-state index < -0.39 is 0 Å². The van der Waals surface area contributed by atoms with Gasteiger partial charge >= 0.3 is 0 Å². The zero-order valence-electron chi connectivity index (χ0n) is 8.56. The smallest absolute Gasteiger partial charge is 0.119 e. The summed E-state index contributed by atoms with van der Waals surface area (Å²) in [6.07, 6.45) is 1.62. The highest BCUT2D eigenvalue weighted by Crippen LogP contribution is 2.27. The van der Waals surface area contributed by atoms with Gasteiger partial charge < -0.3 is 5.73 Å². The first-order valence-corrected chi connectivity index (χ1v) is 6.20. The van der Waals surface area contributed by atoms with E-state index in [1.165, 1.54) is 5.56 Å². The molecule has 1 aromatic carbocycles. The van der Waals surface area contributed by atoms with E-state index in [0.29, 0.717) is 10.7 Å². The van der Waals surface area contributed by atoms with Crippen molar-refractivity contribution in [3.8, 4) is 0 Å². The molecule has 0 atom stereocenters. The maximum absolute atomic E-state index is 5.82. The standard InChI is InChI=1S/C12H11ClN2S/c13-10-6-11(14)12(15-7-10)16-8-9-4-2-1-3-5-9/h1-7H,8,14H2. The quantitative estimate of drug-likeness (QED) is 0.846. The van der Waals surface area contributed by atoms with E-state index in [9.17, 15) is 0 Å². The van der Waals surface area contributed by atoms with E-state index in [0.717, 1.165) is 10.8 Å². The summed E-state index contributed by atoms with van der Waals surface area (Å²) >= 11 is 7.40. The number of hydrogen-bond donors (Lipinski definition) is 1. The Kier molecular flexibility index (Phi) is 3.70. The van der Waals surface area contributed by atoms with E-state index >= 15 is 0 Å². The number of rotatable bonds is 3. The summed E-state index contributed by atoms with van der Waals surface area (Å²) in [6, 6.07) is 11.9. The predicted molar refractivity (Wildman–Crippen MR) is 69.7 cm³/mol. The lowest BCUT2D eigenvalue weighted by molar-refractivity contribution is 1.14. The minimum Gasteiger partial charge on any atom is -0.396 e. The van der Waals surface area contributed by atoms with Crippen molar-refractivity contribution in [3.05, 3.63) is 53.2 Å². The molecule has 2 N–H and O–H groups in total. The van der Waals surface area contributed by atoms with Gasteiger partial charge in [-0.15, -0.1) is 0 Å². The van der Waals surface area contributed by atoms with Crippen LogP contribution in [0.4, 0.5) is 5.69 Å². The Balaban J connectivity index is 2.05. The minimum absolute atomic E-state index is 0.571. The van der Waals surface area contributed by atoms with Gasteiger partial charge in [0.2, 0.25) is 0 Å². The second kappa shape index (κ2) is 5.23. The van der Waals surface area contributed by atoms with Gasteiger partial charge in [-0.1, -0.05) is 53.7 Å². The van der Waals surface area contributed by atoms with Crippen molar-refractivity contribution in [1.82, 2.24) is 4.98 Å². The molecular weight excluding hydrogens is 240 g/mol. The summed E-state index contributed by atoms with van der Waals surface area (Å²) < 4.78 is 0. The molecule has 0 saturated heterocycles. The fraction of sp³-hybridized carbons (Fsp3) is 0.0833. The molecule has 0 amide bonds. The number of anilines is 1. The highest BCUT2D eigenvalue weighted by molar-refractivity contribution is 7.98. The van der Waals surface area contributed by atoms with Crippen LogP contribution >= 0.6 is 23.4 Å². The molecule has 0 aliphatic rings. The van der Waals surface area contributed by atoms with Crippen molar-refractivity contribution in [1.29, 1.82) is 0 Å². The summed E-state index contributed by atoms with van der Waals surface area (Å²) in [7, 11) is 0. The van der Waals surface area contributed by atoms with Crippen LogP contribution in [0.1, 0.15) is 5.56 Å². The molecule has 0 bridgehead atoms. The summed E-state index contributed by atoms with van der Waals surface area (Å²) in [6.45, 7) is 0. The van der Waals surface area contributed by atoms with Gasteiger partial charge in [0.1, 0.15) is 5.03 Å². The van der Waals surface area contributed by atoms with Crippen LogP contribution in [-0.2, 0) is 5.75 Å². The van der Waals surface area contributed by atoms with Gasteiger partial charge in [-0.2, -0.15) is 0 Å². The lowest BCUT2D eigenvalue weighted by atomic mass is 10.2. The van der Waals surface area contributed by atoms with Crippen LogP contribution in [0.2, 0.25) is 5.02 Å². The average molecular weight is 251 g/mol. The third-order valence-corrected chi connectivity index (χ3v) is 3.36. The monoisotopic (exact) mass is 250 g/mol. The first kappa shape index (κ1) is 11.3. The number of benzene rings is 1. The SMILES string of the molecule is Nc1cc(Cl)cnc1SCc1ccccc1. The van der Waals surface area contributed by atoms with Crippen molar-refractivity contribution in [2.75, 3.05) is 5.73 Å². The molecule has 0 aliphatic heterocycles. The normalized spacial score (nSPS) is 10.3. The van der Waals surface area contributed by atoms with Crippen LogP contribution < -0.4 is 5.73 Å². The second-order valence-electron chi connectivity index (χ2n) is 3.32. The van der Waals surface area contributed by atoms with E-state index in [1.54, 1.807) is 24.0 Å². The lowest BCUT2D eigenvalue weighted by Gasteiger charge is -2.04. The Morgan fingerprint density at radius 3 is 2.69 bits per heavy atom. The Bertz CT molecular complexity index is 474. The van der Waals surface area contributed by atoms with E-state index in [4.69, 9.17) is 17.3 Å². The van der Waals surface area contributed by atoms with Crippen LogP contribution in [0.25, 0.3) is 0 Å². The maximum Gasteiger partial charge on any atom is 0.119 e. The van der Waals surface area contributed by atoms with Crippen LogP contribution in [-0.4, -0.2) is 4.98 Å². The van der Waals surface area contributed by atoms with Crippen molar-refractivity contribution >= 4 is 29.1 Å². The molecular formula is C12H11ClN2S. The Morgan fingerprint density at radius 2 is 2.00 bits per heavy atom. The number of nitrogens with two attached hydrogens (primary N) is 1. The molecule has 4 heteroatoms. The Labute approximate surface area is 104 Å². The van der Waals surface area contributed by atoms with Gasteiger partial charge in [-0.25, -0.2) is 4.98 Å². The van der Waals surface area contributed by atoms with Gasteiger partial charge in [0.15, 0.2) is 0 Å². The molecule has 0 aliphatic carbocycles. The number of nitrogens with zero attached hydrogens (tertiary/aromatic N) is 1. The lowest BCUT2D eigenvalue weighted by Crippen LogP contribution is -1.92. The molecule has 1 aromatic heterocycles. The van der Waals surface area contributed by atoms with Crippen molar-refractivity contribution in [2.45, 2.75) is 10.8 Å². The van der Waals surface area contributed by atoms with Crippen LogP contribution in [0, 0.1) is 0 Å². The molecule has 0 saturated carbocycles. The van der Waals surface area contributed by atoms with E-state index in [2.05, 4.69) is 17.1 Å². The van der Waals surface area contributed by atoms with E-state index in [-0.39, 0.29) is 0 Å². The van der Waals surface area contributed by atoms with Crippen molar-refractivity contribution in [3.63, 3.8) is 0 Å². The number of pyridine rings is 1. The zero-order chi connectivity index (χ0) is 11.4. The largest absolute Gasteiger partial charge is 0.396 e. The molecule has 0 radical (unpaired) electrons. The third kappa shape index (κ3) is 2.90. The molecule has 0 spiro atoms. The number of halogens is 1. The summed E-state index contributed by atoms with van der Waals surface area (Å²) in [5, 5.41) is 1.40. The highest BCUT2D eigenvalue weighted by Gasteiger charge is 2.02. The fourth-order valence-corrected chi connectivity index (χ4v) is 2.30. The van der Waals surface area contributed by atoms with Crippen LogP contribution in [0.5, 0.6) is 0 Å². The molecule has 16 heavy (non-hydrogen) atoms. The topological polar surface area (TPSA) is 38.9 Å². The first-order valence-electron chi connectivity index (χ1n) is 4.83. The highest BCUT2D eigenvalue weighted by atomic mass is 35.5. The molecule has 0 fully saturated rings. The number of aromatic nitrogens is 1. The second-order valence-corrected chi connectivity index (χ2v) is 4.72. The summed E-state index contributed by atoms with van der Waals surface area (Å²) in [4.78, 5) is 4.20. The summed E-state index contributed by atoms with van der Waals surface area (Å²) in [5.41, 5.74) is 7.70. The molecule has 2 nitrogen and oxygen atoms in total. The zero-order valence-corrected chi connectivity index (χ0v) is 10.1. The number of nitrogen functional groups attached to an aromatic ring is 1. The van der Waals surface area contributed by atoms with Gasteiger partial charge in [0.05, 0.1) is 10.7 Å². The maximum atomic E-state index is 5.82. The Hall–Kier alpha value is -1.19. The van der Waals surface area contributed by atoms with E-state index in [1.807, 2.05) is 18.2 Å². The van der Waals surface area contributed by atoms with Crippen LogP contribution in [0.3, 0.4) is 0 Å². The molecule has 2 aromatic rings. The van der Waals surface area contributed by atoms with Crippen LogP contribution in [0.15, 0.2) is 47.6 Å².